The van der Waals surface area contributed by atoms with Crippen molar-refractivity contribution in [3.05, 3.63) is 12.2 Å². The van der Waals surface area contributed by atoms with Crippen molar-refractivity contribution in [3.8, 4) is 0 Å². The fraction of sp³-hybridized carbons (Fsp3) is 0.769. The van der Waals surface area contributed by atoms with Crippen molar-refractivity contribution in [1.29, 1.82) is 0 Å². The Morgan fingerprint density at radius 1 is 1.63 bits per heavy atom. The third-order valence-corrected chi connectivity index (χ3v) is 3.92. The van der Waals surface area contributed by atoms with Gasteiger partial charge < -0.3 is 10.5 Å². The highest BCUT2D eigenvalue weighted by molar-refractivity contribution is 5.78. The summed E-state index contributed by atoms with van der Waals surface area (Å²) in [5.41, 5.74) is 5.28. The number of ether oxygens (including phenoxy) is 1. The Bertz CT molecular complexity index is 442. The second-order valence-electron chi connectivity index (χ2n) is 5.20. The zero-order valence-corrected chi connectivity index (χ0v) is 11.6. The van der Waals surface area contributed by atoms with Crippen molar-refractivity contribution in [1.82, 2.24) is 14.8 Å². The van der Waals surface area contributed by atoms with E-state index >= 15 is 0 Å². The number of aromatic nitrogens is 3. The molecule has 1 aliphatic carbocycles. The van der Waals surface area contributed by atoms with Gasteiger partial charge in [0.05, 0.1) is 12.5 Å². The van der Waals surface area contributed by atoms with Gasteiger partial charge in [-0.3, -0.25) is 9.48 Å². The van der Waals surface area contributed by atoms with Crippen molar-refractivity contribution in [3.63, 3.8) is 0 Å². The number of rotatable bonds is 7. The van der Waals surface area contributed by atoms with Crippen LogP contribution in [-0.4, -0.2) is 34.4 Å². The molecule has 0 bridgehead atoms. The van der Waals surface area contributed by atoms with Gasteiger partial charge in [0.1, 0.15) is 12.2 Å². The summed E-state index contributed by atoms with van der Waals surface area (Å²) < 4.78 is 6.84. The fourth-order valence-electron chi connectivity index (χ4n) is 2.65. The molecule has 0 amide bonds. The molecule has 1 heterocycles. The van der Waals surface area contributed by atoms with Gasteiger partial charge in [-0.25, -0.2) is 4.98 Å². The molecule has 1 aromatic heterocycles. The zero-order chi connectivity index (χ0) is 13.9. The molecule has 0 saturated heterocycles. The largest absolute Gasteiger partial charge is 0.469 e. The summed E-state index contributed by atoms with van der Waals surface area (Å²) in [5, 5.41) is 4.20. The number of esters is 1. The number of hydrogen-bond acceptors (Lipinski definition) is 5. The van der Waals surface area contributed by atoms with Crippen LogP contribution in [0.1, 0.15) is 32.0 Å². The molecular formula is C13H22N4O2. The molecule has 6 nitrogen and oxygen atoms in total. The Hall–Kier alpha value is -1.43. The van der Waals surface area contributed by atoms with Gasteiger partial charge in [0.25, 0.3) is 0 Å². The maximum Gasteiger partial charge on any atom is 0.313 e. The van der Waals surface area contributed by atoms with Crippen LogP contribution in [-0.2, 0) is 22.5 Å². The lowest BCUT2D eigenvalue weighted by Gasteiger charge is -2.29. The fourth-order valence-corrected chi connectivity index (χ4v) is 2.65. The third kappa shape index (κ3) is 2.63. The summed E-state index contributed by atoms with van der Waals surface area (Å²) in [6, 6.07) is 0. The molecule has 106 valence electrons. The molecule has 1 saturated carbocycles. The molecule has 0 aromatic carbocycles. The first-order valence-corrected chi connectivity index (χ1v) is 6.83. The van der Waals surface area contributed by atoms with E-state index < -0.39 is 5.41 Å². The van der Waals surface area contributed by atoms with Crippen LogP contribution >= 0.6 is 0 Å². The van der Waals surface area contributed by atoms with Gasteiger partial charge in [0.2, 0.25) is 0 Å². The molecule has 0 spiro atoms. The Labute approximate surface area is 113 Å². The van der Waals surface area contributed by atoms with Crippen LogP contribution < -0.4 is 5.73 Å². The molecule has 2 rings (SSSR count). The molecule has 2 N–H and O–H groups in total. The lowest BCUT2D eigenvalue weighted by Crippen LogP contribution is -2.44. The number of aryl methyl sites for hydroxylation is 1. The SMILES string of the molecule is CCCn1ncnc1CC(CN)(C(=O)OC)C1CC1. The van der Waals surface area contributed by atoms with Gasteiger partial charge in [-0.05, 0) is 25.2 Å². The van der Waals surface area contributed by atoms with E-state index in [1.807, 2.05) is 4.68 Å². The maximum atomic E-state index is 12.2. The number of nitrogens with zero attached hydrogens (tertiary/aromatic N) is 3. The highest BCUT2D eigenvalue weighted by atomic mass is 16.5. The van der Waals surface area contributed by atoms with E-state index in [2.05, 4.69) is 17.0 Å². The van der Waals surface area contributed by atoms with Crippen molar-refractivity contribution in [2.45, 2.75) is 39.2 Å². The molecule has 0 radical (unpaired) electrons. The quantitative estimate of drug-likeness (QED) is 0.737. The van der Waals surface area contributed by atoms with Gasteiger partial charge in [-0.1, -0.05) is 6.92 Å². The van der Waals surface area contributed by atoms with Gasteiger partial charge >= 0.3 is 5.97 Å². The number of carbonyl (C=O) groups excluding carboxylic acids is 1. The number of nitrogens with two attached hydrogens (primary N) is 1. The maximum absolute atomic E-state index is 12.2. The van der Waals surface area contributed by atoms with E-state index in [0.29, 0.717) is 18.9 Å². The first kappa shape index (κ1) is 14.0. The Morgan fingerprint density at radius 3 is 2.89 bits per heavy atom. The Kier molecular flexibility index (Phi) is 4.19. The van der Waals surface area contributed by atoms with E-state index in [-0.39, 0.29) is 5.97 Å². The average Bonchev–Trinajstić information content (AvgIpc) is 3.19. The lowest BCUT2D eigenvalue weighted by molar-refractivity contribution is -0.153. The van der Waals surface area contributed by atoms with Crippen LogP contribution in [0, 0.1) is 11.3 Å². The summed E-state index contributed by atoms with van der Waals surface area (Å²) in [4.78, 5) is 16.5. The van der Waals surface area contributed by atoms with Crippen molar-refractivity contribution >= 4 is 5.97 Å². The monoisotopic (exact) mass is 266 g/mol. The predicted octanol–water partition coefficient (Wildman–Crippen LogP) is 0.759. The second kappa shape index (κ2) is 5.69. The van der Waals surface area contributed by atoms with Gasteiger partial charge in [-0.2, -0.15) is 5.10 Å². The molecule has 1 unspecified atom stereocenters. The Morgan fingerprint density at radius 2 is 2.37 bits per heavy atom. The van der Waals surface area contributed by atoms with Gasteiger partial charge in [0, 0.05) is 19.5 Å². The molecule has 1 fully saturated rings. The van der Waals surface area contributed by atoms with Crippen LogP contribution in [0.25, 0.3) is 0 Å². The number of methoxy groups -OCH3 is 1. The van der Waals surface area contributed by atoms with Crippen molar-refractivity contribution in [2.24, 2.45) is 17.1 Å². The first-order valence-electron chi connectivity index (χ1n) is 6.83. The minimum absolute atomic E-state index is 0.219. The lowest BCUT2D eigenvalue weighted by atomic mass is 9.79. The summed E-state index contributed by atoms with van der Waals surface area (Å²) in [6.45, 7) is 3.19. The zero-order valence-electron chi connectivity index (χ0n) is 11.6. The normalized spacial score (nSPS) is 18.1. The van der Waals surface area contributed by atoms with Crippen molar-refractivity contribution < 1.29 is 9.53 Å². The van der Waals surface area contributed by atoms with E-state index in [9.17, 15) is 4.79 Å². The minimum Gasteiger partial charge on any atom is -0.469 e. The summed E-state index contributed by atoms with van der Waals surface area (Å²) >= 11 is 0. The molecule has 1 atom stereocenters. The smallest absolute Gasteiger partial charge is 0.313 e. The van der Waals surface area contributed by atoms with Crippen LogP contribution in [0.5, 0.6) is 0 Å². The predicted molar refractivity (Wildman–Crippen MR) is 70.2 cm³/mol. The molecular weight excluding hydrogens is 244 g/mol. The summed E-state index contributed by atoms with van der Waals surface area (Å²) in [5.74, 6) is 0.921. The minimum atomic E-state index is -0.632. The number of hydrogen-bond donors (Lipinski definition) is 1. The van der Waals surface area contributed by atoms with E-state index in [1.54, 1.807) is 0 Å². The van der Waals surface area contributed by atoms with Crippen LogP contribution in [0.2, 0.25) is 0 Å². The van der Waals surface area contributed by atoms with Gasteiger partial charge in [0.15, 0.2) is 0 Å². The molecule has 1 aliphatic rings. The first-order chi connectivity index (χ1) is 9.17. The molecule has 19 heavy (non-hydrogen) atoms. The van der Waals surface area contributed by atoms with Crippen molar-refractivity contribution in [2.75, 3.05) is 13.7 Å². The van der Waals surface area contributed by atoms with Gasteiger partial charge in [-0.15, -0.1) is 0 Å². The second-order valence-corrected chi connectivity index (χ2v) is 5.20. The number of carbonyl (C=O) groups is 1. The standard InChI is InChI=1S/C13H22N4O2/c1-3-6-17-11(15-9-16-17)7-13(8-14,10-4-5-10)12(18)19-2/h9-10H,3-8,14H2,1-2H3. The van der Waals surface area contributed by atoms with Crippen LogP contribution in [0.3, 0.4) is 0 Å². The highest BCUT2D eigenvalue weighted by Gasteiger charge is 2.51. The van der Waals surface area contributed by atoms with E-state index in [0.717, 1.165) is 31.6 Å². The highest BCUT2D eigenvalue weighted by Crippen LogP contribution is 2.47. The average molecular weight is 266 g/mol. The summed E-state index contributed by atoms with van der Waals surface area (Å²) in [7, 11) is 1.42. The molecule has 6 heteroatoms. The molecule has 0 aliphatic heterocycles. The Balaban J connectivity index is 2.24. The van der Waals surface area contributed by atoms with E-state index in [1.165, 1.54) is 13.4 Å². The third-order valence-electron chi connectivity index (χ3n) is 3.92. The topological polar surface area (TPSA) is 83.0 Å². The van der Waals surface area contributed by atoms with Crippen LogP contribution in [0.15, 0.2) is 6.33 Å². The van der Waals surface area contributed by atoms with Crippen LogP contribution in [0.4, 0.5) is 0 Å². The van der Waals surface area contributed by atoms with E-state index in [4.69, 9.17) is 10.5 Å². The molecule has 1 aromatic rings. The summed E-state index contributed by atoms with van der Waals surface area (Å²) in [6.07, 6.45) is 5.10.